The number of hydrogen-bond donors (Lipinski definition) is 1. The minimum Gasteiger partial charge on any atom is -0.495 e. The van der Waals surface area contributed by atoms with Crippen molar-refractivity contribution in [1.29, 1.82) is 0 Å². The number of rotatable bonds is 4. The molecule has 2 aromatic carbocycles. The second-order valence-corrected chi connectivity index (χ2v) is 5.01. The van der Waals surface area contributed by atoms with Crippen molar-refractivity contribution < 1.29 is 19.4 Å². The number of carboxylic acids is 1. The third-order valence-corrected chi connectivity index (χ3v) is 3.52. The first-order valence-electron chi connectivity index (χ1n) is 5.92. The average molecular weight is 327 g/mol. The number of hydrogen-bond acceptors (Lipinski definition) is 3. The zero-order valence-electron chi connectivity index (χ0n) is 11.3. The highest BCUT2D eigenvalue weighted by Crippen LogP contribution is 2.42. The van der Waals surface area contributed by atoms with Crippen LogP contribution < -0.4 is 9.47 Å². The predicted octanol–water partition coefficient (Wildman–Crippen LogP) is 4.38. The largest absolute Gasteiger partial charge is 0.495 e. The van der Waals surface area contributed by atoms with Crippen LogP contribution in [0, 0.1) is 0 Å². The molecule has 0 aromatic heterocycles. The molecule has 2 rings (SSSR count). The van der Waals surface area contributed by atoms with E-state index in [-0.39, 0.29) is 5.56 Å². The van der Waals surface area contributed by atoms with Gasteiger partial charge in [-0.25, -0.2) is 4.79 Å². The molecule has 0 aliphatic carbocycles. The lowest BCUT2D eigenvalue weighted by atomic mass is 10.0. The first-order chi connectivity index (χ1) is 9.97. The van der Waals surface area contributed by atoms with E-state index in [1.165, 1.54) is 26.4 Å². The summed E-state index contributed by atoms with van der Waals surface area (Å²) in [6, 6.07) is 7.96. The minimum absolute atomic E-state index is 0.0893. The van der Waals surface area contributed by atoms with Gasteiger partial charge in [0.25, 0.3) is 0 Å². The molecular weight excluding hydrogens is 315 g/mol. The Morgan fingerprint density at radius 2 is 1.81 bits per heavy atom. The maximum absolute atomic E-state index is 11.1. The first kappa shape index (κ1) is 15.5. The summed E-state index contributed by atoms with van der Waals surface area (Å²) in [6.45, 7) is 0. The molecule has 0 fully saturated rings. The van der Waals surface area contributed by atoms with Crippen molar-refractivity contribution in [2.45, 2.75) is 0 Å². The molecule has 0 saturated carbocycles. The molecule has 4 nitrogen and oxygen atoms in total. The number of carbonyl (C=O) groups is 1. The summed E-state index contributed by atoms with van der Waals surface area (Å²) >= 11 is 12.2. The standard InChI is InChI=1S/C15H12Cl2O4/c1-20-12-4-3-11(14(21-2)13(12)17)8-5-9(15(18)19)7-10(16)6-8/h3-7H,1-2H3,(H,18,19). The molecule has 2 aromatic rings. The van der Waals surface area contributed by atoms with Crippen LogP contribution in [0.5, 0.6) is 11.5 Å². The van der Waals surface area contributed by atoms with Crippen LogP contribution in [0.4, 0.5) is 0 Å². The minimum atomic E-state index is -1.06. The summed E-state index contributed by atoms with van der Waals surface area (Å²) in [7, 11) is 2.98. The van der Waals surface area contributed by atoms with E-state index >= 15 is 0 Å². The summed E-state index contributed by atoms with van der Waals surface area (Å²) in [5, 5.41) is 9.74. The second kappa shape index (κ2) is 6.24. The molecule has 6 heteroatoms. The number of carboxylic acid groups (broad SMARTS) is 1. The van der Waals surface area contributed by atoms with Gasteiger partial charge in [-0.1, -0.05) is 23.2 Å². The number of benzene rings is 2. The van der Waals surface area contributed by atoms with Crippen LogP contribution in [0.25, 0.3) is 11.1 Å². The van der Waals surface area contributed by atoms with Crippen molar-refractivity contribution in [3.63, 3.8) is 0 Å². The highest BCUT2D eigenvalue weighted by Gasteiger charge is 2.16. The average Bonchev–Trinajstić information content (AvgIpc) is 2.46. The van der Waals surface area contributed by atoms with Crippen LogP contribution in [0.15, 0.2) is 30.3 Å². The fourth-order valence-corrected chi connectivity index (χ4v) is 2.55. The number of ether oxygens (including phenoxy) is 2. The summed E-state index contributed by atoms with van der Waals surface area (Å²) in [5.74, 6) is -0.190. The van der Waals surface area contributed by atoms with E-state index in [4.69, 9.17) is 37.8 Å². The maximum Gasteiger partial charge on any atom is 0.335 e. The molecule has 0 aliphatic heterocycles. The molecule has 0 bridgehead atoms. The van der Waals surface area contributed by atoms with Gasteiger partial charge in [0.1, 0.15) is 16.5 Å². The Hall–Kier alpha value is -1.91. The molecule has 0 saturated heterocycles. The second-order valence-electron chi connectivity index (χ2n) is 4.20. The third-order valence-electron chi connectivity index (χ3n) is 2.94. The van der Waals surface area contributed by atoms with Gasteiger partial charge in [0.15, 0.2) is 0 Å². The monoisotopic (exact) mass is 326 g/mol. The lowest BCUT2D eigenvalue weighted by Crippen LogP contribution is -1.98. The Labute approximate surface area is 131 Å². The van der Waals surface area contributed by atoms with Gasteiger partial charge in [0.2, 0.25) is 0 Å². The quantitative estimate of drug-likeness (QED) is 0.906. The Morgan fingerprint density at radius 1 is 1.10 bits per heavy atom. The summed E-state index contributed by atoms with van der Waals surface area (Å²) in [4.78, 5) is 11.1. The molecule has 1 N–H and O–H groups in total. The fraction of sp³-hybridized carbons (Fsp3) is 0.133. The van der Waals surface area contributed by atoms with Gasteiger partial charge in [-0.2, -0.15) is 0 Å². The lowest BCUT2D eigenvalue weighted by Gasteiger charge is -2.14. The van der Waals surface area contributed by atoms with Crippen molar-refractivity contribution in [2.24, 2.45) is 0 Å². The van der Waals surface area contributed by atoms with Gasteiger partial charge in [0, 0.05) is 10.6 Å². The predicted molar refractivity (Wildman–Crippen MR) is 82.0 cm³/mol. The van der Waals surface area contributed by atoms with E-state index in [9.17, 15) is 4.79 Å². The van der Waals surface area contributed by atoms with Gasteiger partial charge in [-0.15, -0.1) is 0 Å². The summed E-state index contributed by atoms with van der Waals surface area (Å²) < 4.78 is 10.4. The van der Waals surface area contributed by atoms with Gasteiger partial charge in [0.05, 0.1) is 19.8 Å². The van der Waals surface area contributed by atoms with Crippen LogP contribution in [0.1, 0.15) is 10.4 Å². The van der Waals surface area contributed by atoms with Crippen LogP contribution in [0.3, 0.4) is 0 Å². The number of aromatic carboxylic acids is 1. The molecule has 0 spiro atoms. The third kappa shape index (κ3) is 3.06. The zero-order chi connectivity index (χ0) is 15.6. The Morgan fingerprint density at radius 3 is 2.38 bits per heavy atom. The van der Waals surface area contributed by atoms with Crippen LogP contribution >= 0.6 is 23.2 Å². The topological polar surface area (TPSA) is 55.8 Å². The van der Waals surface area contributed by atoms with Gasteiger partial charge >= 0.3 is 5.97 Å². The smallest absolute Gasteiger partial charge is 0.335 e. The normalized spacial score (nSPS) is 10.3. The van der Waals surface area contributed by atoms with Crippen LogP contribution in [-0.2, 0) is 0 Å². The highest BCUT2D eigenvalue weighted by molar-refractivity contribution is 6.34. The molecule has 110 valence electrons. The molecule has 21 heavy (non-hydrogen) atoms. The van der Waals surface area contributed by atoms with E-state index in [1.807, 2.05) is 0 Å². The SMILES string of the molecule is COc1ccc(-c2cc(Cl)cc(C(=O)O)c2)c(OC)c1Cl. The van der Waals surface area contributed by atoms with Crippen molar-refractivity contribution >= 4 is 29.2 Å². The Bertz CT molecular complexity index is 698. The number of methoxy groups -OCH3 is 2. The van der Waals surface area contributed by atoms with Crippen molar-refractivity contribution in [3.8, 4) is 22.6 Å². The van der Waals surface area contributed by atoms with E-state index in [1.54, 1.807) is 18.2 Å². The van der Waals surface area contributed by atoms with Crippen molar-refractivity contribution in [2.75, 3.05) is 14.2 Å². The first-order valence-corrected chi connectivity index (χ1v) is 6.68. The van der Waals surface area contributed by atoms with Crippen LogP contribution in [0.2, 0.25) is 10.0 Å². The highest BCUT2D eigenvalue weighted by atomic mass is 35.5. The van der Waals surface area contributed by atoms with E-state index in [0.717, 1.165) is 0 Å². The molecule has 0 amide bonds. The lowest BCUT2D eigenvalue weighted by molar-refractivity contribution is 0.0697. The molecule has 0 atom stereocenters. The zero-order valence-corrected chi connectivity index (χ0v) is 12.8. The Kier molecular flexibility index (Phi) is 4.60. The maximum atomic E-state index is 11.1. The van der Waals surface area contributed by atoms with E-state index < -0.39 is 5.97 Å². The van der Waals surface area contributed by atoms with Crippen molar-refractivity contribution in [1.82, 2.24) is 0 Å². The molecule has 0 unspecified atom stereocenters. The van der Waals surface area contributed by atoms with Crippen molar-refractivity contribution in [3.05, 3.63) is 45.9 Å². The molecular formula is C15H12Cl2O4. The van der Waals surface area contributed by atoms with Gasteiger partial charge in [-0.05, 0) is 35.9 Å². The molecule has 0 heterocycles. The van der Waals surface area contributed by atoms with Crippen LogP contribution in [-0.4, -0.2) is 25.3 Å². The van der Waals surface area contributed by atoms with Gasteiger partial charge < -0.3 is 14.6 Å². The number of halogens is 2. The Balaban J connectivity index is 2.67. The van der Waals surface area contributed by atoms with E-state index in [0.29, 0.717) is 32.7 Å². The summed E-state index contributed by atoms with van der Waals surface area (Å²) in [5.41, 5.74) is 1.32. The fourth-order valence-electron chi connectivity index (χ4n) is 1.99. The molecule has 0 aliphatic rings. The molecule has 0 radical (unpaired) electrons. The van der Waals surface area contributed by atoms with E-state index in [2.05, 4.69) is 0 Å². The summed E-state index contributed by atoms with van der Waals surface area (Å²) in [6.07, 6.45) is 0. The van der Waals surface area contributed by atoms with Gasteiger partial charge in [-0.3, -0.25) is 0 Å².